The van der Waals surface area contributed by atoms with Gasteiger partial charge >= 0.3 is 6.61 Å². The van der Waals surface area contributed by atoms with Gasteiger partial charge in [0.15, 0.2) is 5.96 Å². The Kier molecular flexibility index (Phi) is 8.98. The van der Waals surface area contributed by atoms with Crippen molar-refractivity contribution in [2.75, 3.05) is 14.1 Å². The van der Waals surface area contributed by atoms with Crippen LogP contribution in [0.2, 0.25) is 0 Å². The van der Waals surface area contributed by atoms with E-state index < -0.39 is 6.61 Å². The molecular formula is C11H15BrF2IN3O. The molecule has 0 fully saturated rings. The summed E-state index contributed by atoms with van der Waals surface area (Å²) >= 11 is 3.29. The van der Waals surface area contributed by atoms with Gasteiger partial charge in [-0.15, -0.1) is 24.0 Å². The molecule has 0 aliphatic heterocycles. The monoisotopic (exact) mass is 449 g/mol. The molecule has 0 atom stereocenters. The van der Waals surface area contributed by atoms with E-state index in [4.69, 9.17) is 0 Å². The third-order valence-electron chi connectivity index (χ3n) is 2.15. The molecule has 2 N–H and O–H groups in total. The summed E-state index contributed by atoms with van der Waals surface area (Å²) in [6.45, 7) is -2.51. The second-order valence-corrected chi connectivity index (χ2v) is 4.22. The molecule has 0 aliphatic rings. The van der Waals surface area contributed by atoms with Crippen LogP contribution in [0.4, 0.5) is 8.78 Å². The number of benzene rings is 1. The van der Waals surface area contributed by atoms with E-state index in [1.54, 1.807) is 26.2 Å². The van der Waals surface area contributed by atoms with Crippen LogP contribution in [0, 0.1) is 0 Å². The van der Waals surface area contributed by atoms with Gasteiger partial charge in [-0.05, 0) is 18.2 Å². The molecule has 1 aromatic carbocycles. The van der Waals surface area contributed by atoms with Gasteiger partial charge in [-0.2, -0.15) is 8.78 Å². The minimum atomic E-state index is -2.84. The van der Waals surface area contributed by atoms with Crippen LogP contribution < -0.4 is 15.4 Å². The van der Waals surface area contributed by atoms with Crippen LogP contribution in [-0.4, -0.2) is 26.7 Å². The number of nitrogens with one attached hydrogen (secondary N) is 2. The summed E-state index contributed by atoms with van der Waals surface area (Å²) in [6.07, 6.45) is 0. The van der Waals surface area contributed by atoms with E-state index in [1.165, 1.54) is 6.07 Å². The molecule has 4 nitrogen and oxygen atoms in total. The Balaban J connectivity index is 0.00000324. The Hall–Kier alpha value is -0.640. The van der Waals surface area contributed by atoms with Crippen molar-refractivity contribution < 1.29 is 13.5 Å². The van der Waals surface area contributed by atoms with E-state index in [0.29, 0.717) is 18.1 Å². The topological polar surface area (TPSA) is 45.7 Å². The van der Waals surface area contributed by atoms with Crippen LogP contribution in [0.1, 0.15) is 5.56 Å². The van der Waals surface area contributed by atoms with E-state index in [1.807, 2.05) is 0 Å². The maximum Gasteiger partial charge on any atom is 0.387 e. The molecule has 0 heterocycles. The van der Waals surface area contributed by atoms with Crippen LogP contribution in [0.3, 0.4) is 0 Å². The highest BCUT2D eigenvalue weighted by molar-refractivity contribution is 14.0. The normalized spacial score (nSPS) is 10.9. The maximum absolute atomic E-state index is 12.2. The van der Waals surface area contributed by atoms with Crippen molar-refractivity contribution in [2.24, 2.45) is 4.99 Å². The fourth-order valence-corrected chi connectivity index (χ4v) is 1.76. The Morgan fingerprint density at radius 1 is 1.47 bits per heavy atom. The molecule has 0 saturated heterocycles. The summed E-state index contributed by atoms with van der Waals surface area (Å²) in [5.74, 6) is 0.713. The lowest BCUT2D eigenvalue weighted by atomic mass is 10.2. The highest BCUT2D eigenvalue weighted by Gasteiger charge is 2.10. The second-order valence-electron chi connectivity index (χ2n) is 3.31. The fraction of sp³-hybridized carbons (Fsp3) is 0.364. The zero-order chi connectivity index (χ0) is 13.5. The molecule has 0 unspecified atom stereocenters. The van der Waals surface area contributed by atoms with E-state index in [-0.39, 0.29) is 29.7 Å². The highest BCUT2D eigenvalue weighted by Crippen LogP contribution is 2.24. The van der Waals surface area contributed by atoms with Crippen molar-refractivity contribution in [3.05, 3.63) is 28.2 Å². The molecule has 0 radical (unpaired) electrons. The van der Waals surface area contributed by atoms with Crippen molar-refractivity contribution in [1.29, 1.82) is 0 Å². The highest BCUT2D eigenvalue weighted by atomic mass is 127. The number of halogens is 4. The zero-order valence-electron chi connectivity index (χ0n) is 10.4. The van der Waals surface area contributed by atoms with Crippen molar-refractivity contribution >= 4 is 45.9 Å². The quantitative estimate of drug-likeness (QED) is 0.422. The summed E-state index contributed by atoms with van der Waals surface area (Å²) in [5, 5.41) is 5.80. The first-order valence-corrected chi connectivity index (χ1v) is 5.97. The minimum absolute atomic E-state index is 0. The molecule has 1 rings (SSSR count). The number of rotatable bonds is 4. The van der Waals surface area contributed by atoms with Gasteiger partial charge in [0.1, 0.15) is 5.75 Å². The lowest BCUT2D eigenvalue weighted by Crippen LogP contribution is -2.34. The van der Waals surface area contributed by atoms with Crippen LogP contribution in [0.5, 0.6) is 5.75 Å². The number of aliphatic imine (C=N–C) groups is 1. The Morgan fingerprint density at radius 2 is 2.16 bits per heavy atom. The maximum atomic E-state index is 12.2. The lowest BCUT2D eigenvalue weighted by Gasteiger charge is -2.13. The molecule has 1 aromatic rings. The molecule has 0 aromatic heterocycles. The molecule has 19 heavy (non-hydrogen) atoms. The summed E-state index contributed by atoms with van der Waals surface area (Å²) in [6, 6.07) is 4.86. The standard InChI is InChI=1S/C11H14BrF2N3O.HI/c1-15-11(16-2)17-6-7-5-8(12)3-4-9(7)18-10(13)14;/h3-5,10H,6H2,1-2H3,(H2,15,16,17);1H. The van der Waals surface area contributed by atoms with Gasteiger partial charge in [-0.1, -0.05) is 15.9 Å². The zero-order valence-corrected chi connectivity index (χ0v) is 14.3. The van der Waals surface area contributed by atoms with E-state index >= 15 is 0 Å². The van der Waals surface area contributed by atoms with Crippen molar-refractivity contribution in [2.45, 2.75) is 13.2 Å². The fourth-order valence-electron chi connectivity index (χ4n) is 1.36. The smallest absolute Gasteiger partial charge is 0.387 e. The summed E-state index contributed by atoms with van der Waals surface area (Å²) in [4.78, 5) is 3.93. The van der Waals surface area contributed by atoms with Crippen molar-refractivity contribution in [1.82, 2.24) is 10.6 Å². The first-order chi connectivity index (χ1) is 8.56. The van der Waals surface area contributed by atoms with Gasteiger partial charge in [-0.25, -0.2) is 0 Å². The summed E-state index contributed by atoms with van der Waals surface area (Å²) in [7, 11) is 3.34. The van der Waals surface area contributed by atoms with Crippen molar-refractivity contribution in [3.63, 3.8) is 0 Å². The largest absolute Gasteiger partial charge is 0.434 e. The number of nitrogens with zero attached hydrogens (tertiary/aromatic N) is 1. The average molecular weight is 450 g/mol. The average Bonchev–Trinajstić information content (AvgIpc) is 2.33. The number of guanidine groups is 1. The number of ether oxygens (including phenoxy) is 1. The number of hydrogen-bond acceptors (Lipinski definition) is 2. The molecule has 0 spiro atoms. The minimum Gasteiger partial charge on any atom is -0.434 e. The van der Waals surface area contributed by atoms with Gasteiger partial charge in [0.05, 0.1) is 0 Å². The SMILES string of the molecule is CN=C(NC)NCc1cc(Br)ccc1OC(F)F.I. The second kappa shape index (κ2) is 9.29. The van der Waals surface area contributed by atoms with Crippen LogP contribution in [0.25, 0.3) is 0 Å². The third kappa shape index (κ3) is 6.37. The predicted molar refractivity (Wildman–Crippen MR) is 85.4 cm³/mol. The number of alkyl halides is 2. The molecule has 8 heteroatoms. The van der Waals surface area contributed by atoms with Gasteiger partial charge in [0.25, 0.3) is 0 Å². The molecule has 108 valence electrons. The van der Waals surface area contributed by atoms with Crippen molar-refractivity contribution in [3.8, 4) is 5.75 Å². The third-order valence-corrected chi connectivity index (χ3v) is 2.64. The molecule has 0 aliphatic carbocycles. The lowest BCUT2D eigenvalue weighted by molar-refractivity contribution is -0.0504. The van der Waals surface area contributed by atoms with E-state index in [0.717, 1.165) is 4.47 Å². The Labute approximate surface area is 136 Å². The molecule has 0 saturated carbocycles. The number of hydrogen-bond donors (Lipinski definition) is 2. The molecule has 0 amide bonds. The van der Waals surface area contributed by atoms with Crippen LogP contribution in [0.15, 0.2) is 27.7 Å². The Bertz CT molecular complexity index is 432. The molecule has 0 bridgehead atoms. The predicted octanol–water partition coefficient (Wildman–Crippen LogP) is 2.96. The first-order valence-electron chi connectivity index (χ1n) is 5.18. The van der Waals surface area contributed by atoms with E-state index in [9.17, 15) is 8.78 Å². The van der Waals surface area contributed by atoms with E-state index in [2.05, 4.69) is 36.3 Å². The van der Waals surface area contributed by atoms with Crippen LogP contribution >= 0.6 is 39.9 Å². The van der Waals surface area contributed by atoms with Gasteiger partial charge in [0.2, 0.25) is 0 Å². The summed E-state index contributed by atoms with van der Waals surface area (Å²) < 4.78 is 29.7. The Morgan fingerprint density at radius 3 is 2.68 bits per heavy atom. The summed E-state index contributed by atoms with van der Waals surface area (Å²) in [5.41, 5.74) is 0.612. The van der Waals surface area contributed by atoms with Gasteiger partial charge < -0.3 is 15.4 Å². The first kappa shape index (κ1) is 18.4. The van der Waals surface area contributed by atoms with Crippen LogP contribution in [-0.2, 0) is 6.54 Å². The van der Waals surface area contributed by atoms with Gasteiger partial charge in [-0.3, -0.25) is 4.99 Å². The molecular weight excluding hydrogens is 435 g/mol. The van der Waals surface area contributed by atoms with Gasteiger partial charge in [0, 0.05) is 30.7 Å².